The largest absolute Gasteiger partial charge is 0.359 e. The van der Waals surface area contributed by atoms with Crippen LogP contribution in [-0.2, 0) is 6.54 Å². The number of carbonyl (C=O) groups excluding carboxylic acids is 1. The average Bonchev–Trinajstić information content (AvgIpc) is 2.52. The Morgan fingerprint density at radius 3 is 3.00 bits per heavy atom. The van der Waals surface area contributed by atoms with E-state index in [9.17, 15) is 4.79 Å². The van der Waals surface area contributed by atoms with Gasteiger partial charge in [-0.15, -0.1) is 0 Å². The van der Waals surface area contributed by atoms with Gasteiger partial charge < -0.3 is 15.2 Å². The SMILES string of the molecule is CNCc1cc(C(=O)NC)no1. The third-order valence-corrected chi connectivity index (χ3v) is 1.37. The van der Waals surface area contributed by atoms with Gasteiger partial charge in [0.1, 0.15) is 0 Å². The molecule has 0 bridgehead atoms. The predicted molar refractivity (Wildman–Crippen MR) is 42.7 cm³/mol. The minimum atomic E-state index is -0.235. The fourth-order valence-corrected chi connectivity index (χ4v) is 0.806. The Hall–Kier alpha value is -1.36. The van der Waals surface area contributed by atoms with E-state index in [2.05, 4.69) is 15.8 Å². The third kappa shape index (κ3) is 1.82. The van der Waals surface area contributed by atoms with Gasteiger partial charge in [-0.05, 0) is 7.05 Å². The van der Waals surface area contributed by atoms with Gasteiger partial charge in [-0.2, -0.15) is 0 Å². The number of carbonyl (C=O) groups is 1. The Kier molecular flexibility index (Phi) is 2.82. The molecule has 0 atom stereocenters. The third-order valence-electron chi connectivity index (χ3n) is 1.37. The van der Waals surface area contributed by atoms with Crippen molar-refractivity contribution in [2.75, 3.05) is 14.1 Å². The number of hydrogen-bond acceptors (Lipinski definition) is 4. The second kappa shape index (κ2) is 3.87. The summed E-state index contributed by atoms with van der Waals surface area (Å²) in [6.45, 7) is 0.573. The molecule has 0 aromatic carbocycles. The van der Waals surface area contributed by atoms with Crippen molar-refractivity contribution in [3.05, 3.63) is 17.5 Å². The van der Waals surface area contributed by atoms with Crippen molar-refractivity contribution >= 4 is 5.91 Å². The van der Waals surface area contributed by atoms with Crippen LogP contribution in [0.4, 0.5) is 0 Å². The van der Waals surface area contributed by atoms with Gasteiger partial charge in [0.2, 0.25) is 0 Å². The Morgan fingerprint density at radius 1 is 1.67 bits per heavy atom. The van der Waals surface area contributed by atoms with Crippen LogP contribution in [0, 0.1) is 0 Å². The molecule has 0 fully saturated rings. The van der Waals surface area contributed by atoms with E-state index in [1.165, 1.54) is 0 Å². The lowest BCUT2D eigenvalue weighted by Crippen LogP contribution is -2.17. The van der Waals surface area contributed by atoms with Gasteiger partial charge in [0.05, 0.1) is 6.54 Å². The number of nitrogens with one attached hydrogen (secondary N) is 2. The molecule has 1 aromatic rings. The van der Waals surface area contributed by atoms with Crippen LogP contribution in [0.5, 0.6) is 0 Å². The van der Waals surface area contributed by atoms with Crippen LogP contribution in [0.1, 0.15) is 16.2 Å². The molecule has 1 amide bonds. The number of aromatic nitrogens is 1. The monoisotopic (exact) mass is 169 g/mol. The Labute approximate surface area is 70.1 Å². The minimum absolute atomic E-state index is 0.235. The lowest BCUT2D eigenvalue weighted by molar-refractivity contribution is 0.0954. The number of hydrogen-bond donors (Lipinski definition) is 2. The maximum atomic E-state index is 11.0. The second-order valence-corrected chi connectivity index (χ2v) is 2.29. The van der Waals surface area contributed by atoms with Gasteiger partial charge in [-0.25, -0.2) is 0 Å². The molecule has 0 saturated heterocycles. The number of amides is 1. The van der Waals surface area contributed by atoms with E-state index < -0.39 is 0 Å². The van der Waals surface area contributed by atoms with E-state index in [0.29, 0.717) is 18.0 Å². The van der Waals surface area contributed by atoms with Gasteiger partial charge in [-0.3, -0.25) is 4.79 Å². The van der Waals surface area contributed by atoms with Crippen molar-refractivity contribution < 1.29 is 9.32 Å². The van der Waals surface area contributed by atoms with E-state index in [4.69, 9.17) is 4.52 Å². The summed E-state index contributed by atoms with van der Waals surface area (Å²) in [7, 11) is 3.34. The fraction of sp³-hybridized carbons (Fsp3) is 0.429. The molecule has 0 radical (unpaired) electrons. The Balaban J connectivity index is 2.70. The molecule has 5 heteroatoms. The van der Waals surface area contributed by atoms with E-state index in [0.717, 1.165) is 0 Å². The molecule has 66 valence electrons. The standard InChI is InChI=1S/C7H11N3O2/c1-8-4-5-3-6(10-12-5)7(11)9-2/h3,8H,4H2,1-2H3,(H,9,11). The molecule has 0 spiro atoms. The molecule has 1 rings (SSSR count). The maximum Gasteiger partial charge on any atom is 0.273 e. The van der Waals surface area contributed by atoms with Crippen molar-refractivity contribution in [2.24, 2.45) is 0 Å². The lowest BCUT2D eigenvalue weighted by Gasteiger charge is -1.89. The van der Waals surface area contributed by atoms with Crippen molar-refractivity contribution in [3.8, 4) is 0 Å². The van der Waals surface area contributed by atoms with Crippen molar-refractivity contribution in [2.45, 2.75) is 6.54 Å². The average molecular weight is 169 g/mol. The zero-order valence-electron chi connectivity index (χ0n) is 7.05. The summed E-state index contributed by atoms with van der Waals surface area (Å²) in [6.07, 6.45) is 0. The highest BCUT2D eigenvalue weighted by Crippen LogP contribution is 2.02. The summed E-state index contributed by atoms with van der Waals surface area (Å²) >= 11 is 0. The van der Waals surface area contributed by atoms with E-state index in [-0.39, 0.29) is 5.91 Å². The molecular formula is C7H11N3O2. The highest BCUT2D eigenvalue weighted by molar-refractivity contribution is 5.91. The quantitative estimate of drug-likeness (QED) is 0.655. The van der Waals surface area contributed by atoms with Crippen LogP contribution in [0.15, 0.2) is 10.6 Å². The topological polar surface area (TPSA) is 67.2 Å². The molecule has 0 aliphatic heterocycles. The van der Waals surface area contributed by atoms with Crippen LogP contribution in [0.3, 0.4) is 0 Å². The zero-order chi connectivity index (χ0) is 8.97. The molecule has 5 nitrogen and oxygen atoms in total. The van der Waals surface area contributed by atoms with E-state index in [1.807, 2.05) is 0 Å². The van der Waals surface area contributed by atoms with Crippen molar-refractivity contribution in [1.29, 1.82) is 0 Å². The molecule has 0 aliphatic rings. The Morgan fingerprint density at radius 2 is 2.42 bits per heavy atom. The molecule has 1 aromatic heterocycles. The normalized spacial score (nSPS) is 9.83. The minimum Gasteiger partial charge on any atom is -0.359 e. The predicted octanol–water partition coefficient (Wildman–Crippen LogP) is -0.246. The van der Waals surface area contributed by atoms with E-state index >= 15 is 0 Å². The maximum absolute atomic E-state index is 11.0. The van der Waals surface area contributed by atoms with Crippen LogP contribution in [0.25, 0.3) is 0 Å². The first-order valence-electron chi connectivity index (χ1n) is 3.60. The van der Waals surface area contributed by atoms with Gasteiger partial charge in [0.15, 0.2) is 11.5 Å². The molecule has 0 saturated carbocycles. The van der Waals surface area contributed by atoms with Crippen LogP contribution in [0.2, 0.25) is 0 Å². The molecule has 1 heterocycles. The van der Waals surface area contributed by atoms with Gasteiger partial charge >= 0.3 is 0 Å². The van der Waals surface area contributed by atoms with E-state index in [1.54, 1.807) is 20.2 Å². The summed E-state index contributed by atoms with van der Waals surface area (Å²) in [4.78, 5) is 11.0. The molecule has 0 aliphatic carbocycles. The van der Waals surface area contributed by atoms with Crippen molar-refractivity contribution in [3.63, 3.8) is 0 Å². The first-order valence-corrected chi connectivity index (χ1v) is 3.60. The summed E-state index contributed by atoms with van der Waals surface area (Å²) in [5, 5.41) is 8.92. The highest BCUT2D eigenvalue weighted by Gasteiger charge is 2.09. The van der Waals surface area contributed by atoms with Gasteiger partial charge in [0.25, 0.3) is 5.91 Å². The number of rotatable bonds is 3. The molecule has 0 unspecified atom stereocenters. The molecular weight excluding hydrogens is 158 g/mol. The smallest absolute Gasteiger partial charge is 0.273 e. The first-order chi connectivity index (χ1) is 5.77. The summed E-state index contributed by atoms with van der Waals surface area (Å²) < 4.78 is 4.85. The van der Waals surface area contributed by atoms with Crippen LogP contribution >= 0.6 is 0 Å². The number of nitrogens with zero attached hydrogens (tertiary/aromatic N) is 1. The summed E-state index contributed by atoms with van der Waals surface area (Å²) in [6, 6.07) is 1.61. The lowest BCUT2D eigenvalue weighted by atomic mass is 10.3. The first kappa shape index (κ1) is 8.73. The highest BCUT2D eigenvalue weighted by atomic mass is 16.5. The zero-order valence-corrected chi connectivity index (χ0v) is 7.05. The fourth-order valence-electron chi connectivity index (χ4n) is 0.806. The van der Waals surface area contributed by atoms with Crippen molar-refractivity contribution in [1.82, 2.24) is 15.8 Å². The molecule has 2 N–H and O–H groups in total. The second-order valence-electron chi connectivity index (χ2n) is 2.29. The van der Waals surface area contributed by atoms with Gasteiger partial charge in [0, 0.05) is 13.1 Å². The Bertz CT molecular complexity index is 269. The summed E-state index contributed by atoms with van der Waals surface area (Å²) in [5.41, 5.74) is 0.308. The van der Waals surface area contributed by atoms with Crippen LogP contribution < -0.4 is 10.6 Å². The van der Waals surface area contributed by atoms with Crippen LogP contribution in [-0.4, -0.2) is 25.2 Å². The summed E-state index contributed by atoms with van der Waals surface area (Å²) in [5.74, 6) is 0.414. The van der Waals surface area contributed by atoms with Gasteiger partial charge in [-0.1, -0.05) is 5.16 Å². The molecule has 12 heavy (non-hydrogen) atoms.